The molecule has 8 nitrogen and oxygen atoms in total. The number of nitrogens with zero attached hydrogens (tertiary/aromatic N) is 1. The Balaban J connectivity index is 3.10. The van der Waals surface area contributed by atoms with E-state index in [1.165, 1.54) is 25.3 Å². The summed E-state index contributed by atoms with van der Waals surface area (Å²) < 4.78 is 51.6. The van der Waals surface area contributed by atoms with Crippen molar-refractivity contribution in [2.45, 2.75) is 0 Å². The molecular weight excluding hydrogens is 380 g/mol. The summed E-state index contributed by atoms with van der Waals surface area (Å²) in [5.74, 6) is -1.000. The average Bonchev–Trinajstić information content (AvgIpc) is 2.61. The highest BCUT2D eigenvalue weighted by Crippen LogP contribution is 2.23. The normalized spacial score (nSPS) is 11.6. The molecule has 0 saturated carbocycles. The fourth-order valence-electron chi connectivity index (χ4n) is 1.98. The van der Waals surface area contributed by atoms with E-state index in [4.69, 9.17) is 10.5 Å². The van der Waals surface area contributed by atoms with E-state index in [0.29, 0.717) is 5.69 Å². The number of hydrogen-bond acceptors (Lipinski definition) is 7. The summed E-state index contributed by atoms with van der Waals surface area (Å²) in [4.78, 5) is 13.9. The summed E-state index contributed by atoms with van der Waals surface area (Å²) in [5, 5.41) is 1.59. The molecule has 0 unspecified atom stereocenters. The largest absolute Gasteiger partial charge is 0.495 e. The van der Waals surface area contributed by atoms with Gasteiger partial charge < -0.3 is 15.4 Å². The standard InChI is InChI=1S/C16H22N2O6S2/c1-4-25(20,21)10-8-18(9-11-26(22,23)5-2)16(19)13-6-7-14(17)15(12-13)24-3/h4-7,12H,1-2,8-11,17H2,3H3. The fraction of sp³-hybridized carbons (Fsp3) is 0.312. The number of anilines is 1. The molecule has 10 heteroatoms. The summed E-state index contributed by atoms with van der Waals surface area (Å²) in [6.07, 6.45) is 0. The Bertz CT molecular complexity index is 849. The molecule has 1 aromatic carbocycles. The molecule has 0 atom stereocenters. The SMILES string of the molecule is C=CS(=O)(=O)CCN(CCS(=O)(=O)C=C)C(=O)c1ccc(N)c(OC)c1. The van der Waals surface area contributed by atoms with E-state index in [9.17, 15) is 21.6 Å². The number of benzene rings is 1. The maximum absolute atomic E-state index is 12.7. The van der Waals surface area contributed by atoms with Gasteiger partial charge in [0.25, 0.3) is 5.91 Å². The van der Waals surface area contributed by atoms with Crippen LogP contribution in [0.2, 0.25) is 0 Å². The van der Waals surface area contributed by atoms with E-state index in [2.05, 4.69) is 13.2 Å². The maximum Gasteiger partial charge on any atom is 0.254 e. The van der Waals surface area contributed by atoms with Crippen LogP contribution in [0.5, 0.6) is 5.75 Å². The minimum absolute atomic E-state index is 0.188. The zero-order valence-corrected chi connectivity index (χ0v) is 16.1. The fourth-order valence-corrected chi connectivity index (χ4v) is 3.27. The number of nitrogen functional groups attached to an aromatic ring is 1. The second-order valence-electron chi connectivity index (χ2n) is 5.32. The third-order valence-electron chi connectivity index (χ3n) is 3.57. The highest BCUT2D eigenvalue weighted by molar-refractivity contribution is 7.94. The van der Waals surface area contributed by atoms with Gasteiger partial charge in [-0.1, -0.05) is 13.2 Å². The smallest absolute Gasteiger partial charge is 0.254 e. The maximum atomic E-state index is 12.7. The van der Waals surface area contributed by atoms with Crippen LogP contribution >= 0.6 is 0 Å². The van der Waals surface area contributed by atoms with Gasteiger partial charge in [0, 0.05) is 29.5 Å². The Labute approximate surface area is 153 Å². The van der Waals surface area contributed by atoms with Gasteiger partial charge in [-0.05, 0) is 18.2 Å². The Morgan fingerprint density at radius 2 is 1.62 bits per heavy atom. The van der Waals surface area contributed by atoms with Crippen LogP contribution in [-0.2, 0) is 19.7 Å². The minimum atomic E-state index is -3.55. The average molecular weight is 402 g/mol. The predicted octanol–water partition coefficient (Wildman–Crippen LogP) is 0.836. The van der Waals surface area contributed by atoms with Crippen molar-refractivity contribution in [3.05, 3.63) is 47.7 Å². The molecule has 26 heavy (non-hydrogen) atoms. The molecule has 0 radical (unpaired) electrons. The van der Waals surface area contributed by atoms with Gasteiger partial charge >= 0.3 is 0 Å². The van der Waals surface area contributed by atoms with Gasteiger partial charge in [0.2, 0.25) is 0 Å². The van der Waals surface area contributed by atoms with Crippen LogP contribution in [0.15, 0.2) is 42.2 Å². The van der Waals surface area contributed by atoms with E-state index < -0.39 is 25.6 Å². The van der Waals surface area contributed by atoms with Gasteiger partial charge in [-0.2, -0.15) is 0 Å². The van der Waals surface area contributed by atoms with Gasteiger partial charge in [0.05, 0.1) is 24.3 Å². The molecule has 0 aliphatic rings. The lowest BCUT2D eigenvalue weighted by molar-refractivity contribution is 0.0775. The van der Waals surface area contributed by atoms with Gasteiger partial charge in [-0.25, -0.2) is 16.8 Å². The number of methoxy groups -OCH3 is 1. The number of carbonyl (C=O) groups is 1. The van der Waals surface area contributed by atoms with Crippen LogP contribution in [0.3, 0.4) is 0 Å². The molecular formula is C16H22N2O6S2. The molecule has 1 rings (SSSR count). The second-order valence-corrected chi connectivity index (χ2v) is 9.45. The molecule has 1 aromatic rings. The van der Waals surface area contributed by atoms with Crippen LogP contribution in [0, 0.1) is 0 Å². The van der Waals surface area contributed by atoms with Crippen LogP contribution in [0.25, 0.3) is 0 Å². The lowest BCUT2D eigenvalue weighted by atomic mass is 10.1. The first-order valence-corrected chi connectivity index (χ1v) is 10.9. The molecule has 0 spiro atoms. The van der Waals surface area contributed by atoms with Crippen molar-refractivity contribution < 1.29 is 26.4 Å². The first-order chi connectivity index (χ1) is 12.0. The molecule has 0 aliphatic heterocycles. The number of carbonyl (C=O) groups excluding carboxylic acids is 1. The minimum Gasteiger partial charge on any atom is -0.495 e. The summed E-state index contributed by atoms with van der Waals surface area (Å²) in [5.41, 5.74) is 6.24. The quantitative estimate of drug-likeness (QED) is 0.575. The van der Waals surface area contributed by atoms with E-state index in [1.54, 1.807) is 0 Å². The lowest BCUT2D eigenvalue weighted by Gasteiger charge is -2.22. The Kier molecular flexibility index (Phi) is 7.40. The lowest BCUT2D eigenvalue weighted by Crippen LogP contribution is -2.38. The van der Waals surface area contributed by atoms with Gasteiger partial charge in [-0.15, -0.1) is 0 Å². The number of sulfone groups is 2. The van der Waals surface area contributed by atoms with Crippen LogP contribution in [0.1, 0.15) is 10.4 Å². The van der Waals surface area contributed by atoms with Crippen LogP contribution in [-0.4, -0.2) is 59.3 Å². The Hall–Kier alpha value is -2.33. The molecule has 0 bridgehead atoms. The predicted molar refractivity (Wildman–Crippen MR) is 101 cm³/mol. The highest BCUT2D eigenvalue weighted by atomic mass is 32.2. The number of nitrogens with two attached hydrogens (primary N) is 1. The van der Waals surface area contributed by atoms with Crippen molar-refractivity contribution in [3.8, 4) is 5.75 Å². The number of amides is 1. The van der Waals surface area contributed by atoms with E-state index in [1.807, 2.05) is 0 Å². The molecule has 0 heterocycles. The van der Waals surface area contributed by atoms with Crippen molar-refractivity contribution in [2.75, 3.05) is 37.4 Å². The molecule has 0 aliphatic carbocycles. The first-order valence-electron chi connectivity index (χ1n) is 7.48. The molecule has 0 fully saturated rings. The molecule has 0 aromatic heterocycles. The van der Waals surface area contributed by atoms with E-state index in [-0.39, 0.29) is 35.9 Å². The summed E-state index contributed by atoms with van der Waals surface area (Å²) in [6, 6.07) is 4.34. The molecule has 2 N–H and O–H groups in total. The first kappa shape index (κ1) is 21.7. The van der Waals surface area contributed by atoms with Gasteiger partial charge in [0.15, 0.2) is 19.7 Å². The van der Waals surface area contributed by atoms with Crippen molar-refractivity contribution in [2.24, 2.45) is 0 Å². The van der Waals surface area contributed by atoms with E-state index in [0.717, 1.165) is 15.7 Å². The summed E-state index contributed by atoms with van der Waals surface area (Å²) in [7, 11) is -5.71. The summed E-state index contributed by atoms with van der Waals surface area (Å²) >= 11 is 0. The number of hydrogen-bond donors (Lipinski definition) is 1. The third kappa shape index (κ3) is 6.19. The van der Waals surface area contributed by atoms with Gasteiger partial charge in [-0.3, -0.25) is 4.79 Å². The summed E-state index contributed by atoms with van der Waals surface area (Å²) in [6.45, 7) is 6.05. The highest BCUT2D eigenvalue weighted by Gasteiger charge is 2.21. The second kappa shape index (κ2) is 8.86. The molecule has 1 amide bonds. The Morgan fingerprint density at radius 1 is 1.12 bits per heavy atom. The number of rotatable bonds is 10. The van der Waals surface area contributed by atoms with Crippen LogP contribution in [0.4, 0.5) is 5.69 Å². The Morgan fingerprint density at radius 3 is 2.04 bits per heavy atom. The number of ether oxygens (including phenoxy) is 1. The molecule has 0 saturated heterocycles. The van der Waals surface area contributed by atoms with E-state index >= 15 is 0 Å². The van der Waals surface area contributed by atoms with Crippen LogP contribution < -0.4 is 10.5 Å². The topological polar surface area (TPSA) is 124 Å². The van der Waals surface area contributed by atoms with Gasteiger partial charge in [0.1, 0.15) is 5.75 Å². The third-order valence-corrected chi connectivity index (χ3v) is 6.09. The zero-order valence-electron chi connectivity index (χ0n) is 14.4. The molecule has 144 valence electrons. The van der Waals surface area contributed by atoms with Crippen molar-refractivity contribution in [1.82, 2.24) is 4.90 Å². The zero-order chi connectivity index (χ0) is 20.0. The van der Waals surface area contributed by atoms with Crippen molar-refractivity contribution in [1.29, 1.82) is 0 Å². The van der Waals surface area contributed by atoms with Crippen molar-refractivity contribution in [3.63, 3.8) is 0 Å². The monoisotopic (exact) mass is 402 g/mol. The van der Waals surface area contributed by atoms with Crippen molar-refractivity contribution >= 4 is 31.3 Å².